The van der Waals surface area contributed by atoms with E-state index in [1.54, 1.807) is 12.1 Å². The van der Waals surface area contributed by atoms with Gasteiger partial charge in [0, 0.05) is 6.54 Å². The van der Waals surface area contributed by atoms with E-state index < -0.39 is 10.0 Å². The number of hydrogen-bond acceptors (Lipinski definition) is 4. The van der Waals surface area contributed by atoms with Crippen molar-refractivity contribution in [3.8, 4) is 5.75 Å². The zero-order valence-corrected chi connectivity index (χ0v) is 13.2. The molecule has 2 aromatic carbocycles. The summed E-state index contributed by atoms with van der Waals surface area (Å²) >= 11 is 0. The van der Waals surface area contributed by atoms with Crippen LogP contribution >= 0.6 is 0 Å². The van der Waals surface area contributed by atoms with Crippen LogP contribution in [0, 0.1) is 0 Å². The molecule has 22 heavy (non-hydrogen) atoms. The van der Waals surface area contributed by atoms with Gasteiger partial charge in [0.25, 0.3) is 0 Å². The molecular formula is C16H19NO4S. The van der Waals surface area contributed by atoms with E-state index >= 15 is 0 Å². The minimum atomic E-state index is -3.52. The van der Waals surface area contributed by atoms with Crippen LogP contribution in [0.2, 0.25) is 0 Å². The number of sulfonamides is 1. The third-order valence-corrected chi connectivity index (χ3v) is 4.50. The van der Waals surface area contributed by atoms with Gasteiger partial charge in [0.05, 0.1) is 25.2 Å². The van der Waals surface area contributed by atoms with Crippen molar-refractivity contribution in [3.05, 3.63) is 60.2 Å². The highest BCUT2D eigenvalue weighted by Crippen LogP contribution is 2.15. The zero-order valence-electron chi connectivity index (χ0n) is 12.4. The van der Waals surface area contributed by atoms with Crippen molar-refractivity contribution in [1.82, 2.24) is 4.72 Å². The van der Waals surface area contributed by atoms with Crippen molar-refractivity contribution in [3.63, 3.8) is 0 Å². The third-order valence-electron chi connectivity index (χ3n) is 3.02. The maximum atomic E-state index is 12.1. The fourth-order valence-electron chi connectivity index (χ4n) is 1.85. The lowest BCUT2D eigenvalue weighted by molar-refractivity contribution is 0.126. The Morgan fingerprint density at radius 2 is 1.68 bits per heavy atom. The Morgan fingerprint density at radius 1 is 1.00 bits per heavy atom. The summed E-state index contributed by atoms with van der Waals surface area (Å²) in [6.45, 7) is 0.997. The summed E-state index contributed by atoms with van der Waals surface area (Å²) in [6, 6.07) is 16.0. The number of benzene rings is 2. The fraction of sp³-hybridized carbons (Fsp3) is 0.250. The van der Waals surface area contributed by atoms with Crippen molar-refractivity contribution in [2.75, 3.05) is 20.3 Å². The third kappa shape index (κ3) is 4.84. The second kappa shape index (κ2) is 7.93. The molecule has 0 atom stereocenters. The van der Waals surface area contributed by atoms with Crippen LogP contribution in [0.1, 0.15) is 5.56 Å². The van der Waals surface area contributed by atoms with Gasteiger partial charge in [0.2, 0.25) is 10.0 Å². The molecule has 118 valence electrons. The van der Waals surface area contributed by atoms with Gasteiger partial charge >= 0.3 is 0 Å². The van der Waals surface area contributed by atoms with E-state index in [2.05, 4.69) is 4.72 Å². The predicted octanol–water partition coefficient (Wildman–Crippen LogP) is 2.19. The number of rotatable bonds is 8. The highest BCUT2D eigenvalue weighted by atomic mass is 32.2. The Morgan fingerprint density at radius 3 is 2.32 bits per heavy atom. The summed E-state index contributed by atoms with van der Waals surface area (Å²) in [6.07, 6.45) is 0. The van der Waals surface area contributed by atoms with Crippen LogP contribution in [0.5, 0.6) is 5.75 Å². The SMILES string of the molecule is COc1ccc(S(=O)(=O)NCCOCc2ccccc2)cc1. The van der Waals surface area contributed by atoms with E-state index in [1.807, 2.05) is 30.3 Å². The van der Waals surface area contributed by atoms with Gasteiger partial charge in [-0.2, -0.15) is 0 Å². The minimum absolute atomic E-state index is 0.205. The summed E-state index contributed by atoms with van der Waals surface area (Å²) in [5.41, 5.74) is 1.06. The molecule has 0 amide bonds. The lowest BCUT2D eigenvalue weighted by Gasteiger charge is -2.08. The van der Waals surface area contributed by atoms with E-state index in [-0.39, 0.29) is 11.4 Å². The molecule has 1 N–H and O–H groups in total. The molecule has 0 saturated heterocycles. The summed E-state index contributed by atoms with van der Waals surface area (Å²) in [5, 5.41) is 0. The van der Waals surface area contributed by atoms with Crippen LogP contribution < -0.4 is 9.46 Å². The van der Waals surface area contributed by atoms with Crippen LogP contribution in [0.15, 0.2) is 59.5 Å². The van der Waals surface area contributed by atoms with E-state index in [0.717, 1.165) is 5.56 Å². The zero-order chi connectivity index (χ0) is 15.8. The van der Waals surface area contributed by atoms with Gasteiger partial charge in [-0.1, -0.05) is 30.3 Å². The lowest BCUT2D eigenvalue weighted by atomic mass is 10.2. The maximum Gasteiger partial charge on any atom is 0.240 e. The molecule has 0 fully saturated rings. The molecule has 2 aromatic rings. The Bertz CT molecular complexity index is 669. The Hall–Kier alpha value is -1.89. The summed E-state index contributed by atoms with van der Waals surface area (Å²) in [5.74, 6) is 0.616. The molecule has 0 aliphatic rings. The van der Waals surface area contributed by atoms with Crippen LogP contribution in [-0.2, 0) is 21.4 Å². The van der Waals surface area contributed by atoms with Gasteiger partial charge in [-0.15, -0.1) is 0 Å². The quantitative estimate of drug-likeness (QED) is 0.757. The van der Waals surface area contributed by atoms with E-state index in [4.69, 9.17) is 9.47 Å². The largest absolute Gasteiger partial charge is 0.497 e. The van der Waals surface area contributed by atoms with Gasteiger partial charge in [-0.3, -0.25) is 0 Å². The first kappa shape index (κ1) is 16.5. The highest BCUT2D eigenvalue weighted by Gasteiger charge is 2.12. The van der Waals surface area contributed by atoms with Crippen molar-refractivity contribution in [1.29, 1.82) is 0 Å². The van der Waals surface area contributed by atoms with E-state index in [1.165, 1.54) is 19.2 Å². The smallest absolute Gasteiger partial charge is 0.240 e. The molecule has 0 aromatic heterocycles. The van der Waals surface area contributed by atoms with Gasteiger partial charge < -0.3 is 9.47 Å². The van der Waals surface area contributed by atoms with Crippen LogP contribution in [0.3, 0.4) is 0 Å². The molecule has 5 nitrogen and oxygen atoms in total. The molecule has 0 unspecified atom stereocenters. The van der Waals surface area contributed by atoms with Crippen molar-refractivity contribution >= 4 is 10.0 Å². The Labute approximate surface area is 130 Å². The lowest BCUT2D eigenvalue weighted by Crippen LogP contribution is -2.27. The molecule has 0 aliphatic heterocycles. The van der Waals surface area contributed by atoms with Crippen molar-refractivity contribution < 1.29 is 17.9 Å². The standard InChI is InChI=1S/C16H19NO4S/c1-20-15-7-9-16(10-8-15)22(18,19)17-11-12-21-13-14-5-3-2-4-6-14/h2-10,17H,11-13H2,1H3. The molecule has 0 bridgehead atoms. The van der Waals surface area contributed by atoms with Crippen LogP contribution in [-0.4, -0.2) is 28.7 Å². The fourth-order valence-corrected chi connectivity index (χ4v) is 2.86. The van der Waals surface area contributed by atoms with Crippen LogP contribution in [0.25, 0.3) is 0 Å². The van der Waals surface area contributed by atoms with Gasteiger partial charge in [0.1, 0.15) is 5.75 Å². The first-order chi connectivity index (χ1) is 10.6. The number of nitrogens with one attached hydrogen (secondary N) is 1. The first-order valence-electron chi connectivity index (χ1n) is 6.87. The Kier molecular flexibility index (Phi) is 5.94. The monoisotopic (exact) mass is 321 g/mol. The molecule has 0 radical (unpaired) electrons. The topological polar surface area (TPSA) is 64.6 Å². The summed E-state index contributed by atoms with van der Waals surface area (Å²) in [7, 11) is -1.98. The number of ether oxygens (including phenoxy) is 2. The Balaban J connectivity index is 1.77. The predicted molar refractivity (Wildman–Crippen MR) is 84.3 cm³/mol. The molecule has 0 heterocycles. The molecule has 0 saturated carbocycles. The minimum Gasteiger partial charge on any atom is -0.497 e. The molecule has 0 aliphatic carbocycles. The average Bonchev–Trinajstić information content (AvgIpc) is 2.55. The molecule has 6 heteroatoms. The molecule has 0 spiro atoms. The van der Waals surface area contributed by atoms with E-state index in [9.17, 15) is 8.42 Å². The number of methoxy groups -OCH3 is 1. The van der Waals surface area contributed by atoms with Gasteiger partial charge in [-0.25, -0.2) is 13.1 Å². The van der Waals surface area contributed by atoms with Gasteiger partial charge in [-0.05, 0) is 29.8 Å². The normalized spacial score (nSPS) is 11.3. The number of hydrogen-bond donors (Lipinski definition) is 1. The summed E-state index contributed by atoms with van der Waals surface area (Å²) < 4.78 is 37.1. The second-order valence-electron chi connectivity index (χ2n) is 4.61. The van der Waals surface area contributed by atoms with Gasteiger partial charge in [0.15, 0.2) is 0 Å². The average molecular weight is 321 g/mol. The van der Waals surface area contributed by atoms with E-state index in [0.29, 0.717) is 19.0 Å². The van der Waals surface area contributed by atoms with Crippen molar-refractivity contribution in [2.24, 2.45) is 0 Å². The van der Waals surface area contributed by atoms with Crippen LogP contribution in [0.4, 0.5) is 0 Å². The first-order valence-corrected chi connectivity index (χ1v) is 8.35. The maximum absolute atomic E-state index is 12.1. The summed E-state index contributed by atoms with van der Waals surface area (Å²) in [4.78, 5) is 0.205. The van der Waals surface area contributed by atoms with Crippen molar-refractivity contribution in [2.45, 2.75) is 11.5 Å². The molecule has 2 rings (SSSR count). The highest BCUT2D eigenvalue weighted by molar-refractivity contribution is 7.89. The molecular weight excluding hydrogens is 302 g/mol. The second-order valence-corrected chi connectivity index (χ2v) is 6.38.